The molecule has 0 aliphatic heterocycles. The van der Waals surface area contributed by atoms with Crippen LogP contribution in [0.4, 0.5) is 5.69 Å². The maximum atomic E-state index is 12.5. The first-order chi connectivity index (χ1) is 8.85. The second-order valence-electron chi connectivity index (χ2n) is 5.04. The van der Waals surface area contributed by atoms with Gasteiger partial charge >= 0.3 is 0 Å². The van der Waals surface area contributed by atoms with Gasteiger partial charge in [-0.05, 0) is 52.9 Å². The highest BCUT2D eigenvalue weighted by Crippen LogP contribution is 2.46. The van der Waals surface area contributed by atoms with Crippen molar-refractivity contribution >= 4 is 60.7 Å². The second-order valence-corrected chi connectivity index (χ2v) is 7.25. The first kappa shape index (κ1) is 14.9. The Labute approximate surface area is 134 Å². The van der Waals surface area contributed by atoms with Crippen molar-refractivity contribution in [1.82, 2.24) is 0 Å². The van der Waals surface area contributed by atoms with Gasteiger partial charge in [0.25, 0.3) is 0 Å². The quantitative estimate of drug-likeness (QED) is 0.750. The van der Waals surface area contributed by atoms with Crippen LogP contribution in [0.1, 0.15) is 19.8 Å². The number of hydrogen-bond donors (Lipinski definition) is 2. The Hall–Kier alpha value is -0.460. The molecule has 1 fully saturated rings. The number of benzene rings is 1. The van der Waals surface area contributed by atoms with Crippen LogP contribution in [0, 0.1) is 11.3 Å². The van der Waals surface area contributed by atoms with Crippen LogP contribution >= 0.6 is 44.1 Å². The molecule has 6 heteroatoms. The van der Waals surface area contributed by atoms with Crippen molar-refractivity contribution < 1.29 is 4.79 Å². The molecule has 1 saturated carbocycles. The molecule has 102 valence electrons. The second kappa shape index (κ2) is 5.50. The number of carbonyl (C=O) groups is 1. The molecule has 0 heterocycles. The summed E-state index contributed by atoms with van der Waals surface area (Å²) in [6.07, 6.45) is 1.44. The largest absolute Gasteiger partial charge is 0.392 e. The number of hydrogen-bond acceptors (Lipinski definition) is 2. The average Bonchev–Trinajstić information content (AvgIpc) is 2.28. The van der Waals surface area contributed by atoms with E-state index in [1.165, 1.54) is 0 Å². The number of nitrogens with two attached hydrogens (primary N) is 1. The van der Waals surface area contributed by atoms with Gasteiger partial charge in [-0.25, -0.2) is 0 Å². The maximum Gasteiger partial charge on any atom is 0.237 e. The molecular weight excluding hydrogens is 392 g/mol. The molecule has 19 heavy (non-hydrogen) atoms. The minimum absolute atomic E-state index is 0.114. The number of amides is 1. The highest BCUT2D eigenvalue weighted by molar-refractivity contribution is 9.11. The monoisotopic (exact) mass is 404 g/mol. The number of rotatable bonds is 3. The van der Waals surface area contributed by atoms with E-state index in [1.54, 1.807) is 0 Å². The molecule has 0 atom stereocenters. The lowest BCUT2D eigenvalue weighted by Gasteiger charge is -2.44. The van der Waals surface area contributed by atoms with Crippen LogP contribution in [0.15, 0.2) is 27.1 Å². The third kappa shape index (κ3) is 2.85. The highest BCUT2D eigenvalue weighted by atomic mass is 79.9. The molecular formula is C13H14Br2N2OS. The van der Waals surface area contributed by atoms with Gasteiger partial charge < -0.3 is 11.1 Å². The Morgan fingerprint density at radius 2 is 2.11 bits per heavy atom. The van der Waals surface area contributed by atoms with Gasteiger partial charge in [0.15, 0.2) is 0 Å². The minimum Gasteiger partial charge on any atom is -0.392 e. The van der Waals surface area contributed by atoms with E-state index in [0.29, 0.717) is 5.92 Å². The van der Waals surface area contributed by atoms with Gasteiger partial charge in [0.1, 0.15) is 0 Å². The van der Waals surface area contributed by atoms with Crippen molar-refractivity contribution in [1.29, 1.82) is 0 Å². The molecule has 0 unspecified atom stereocenters. The smallest absolute Gasteiger partial charge is 0.237 e. The Morgan fingerprint density at radius 3 is 2.63 bits per heavy atom. The van der Waals surface area contributed by atoms with E-state index in [0.717, 1.165) is 27.5 Å². The zero-order valence-corrected chi connectivity index (χ0v) is 14.4. The number of anilines is 1. The molecule has 0 radical (unpaired) electrons. The summed E-state index contributed by atoms with van der Waals surface area (Å²) in [5.41, 5.74) is 5.80. The van der Waals surface area contributed by atoms with E-state index in [-0.39, 0.29) is 10.9 Å². The van der Waals surface area contributed by atoms with Crippen LogP contribution in [0.25, 0.3) is 0 Å². The van der Waals surface area contributed by atoms with E-state index in [9.17, 15) is 4.79 Å². The van der Waals surface area contributed by atoms with Gasteiger partial charge in [0, 0.05) is 8.95 Å². The first-order valence-electron chi connectivity index (χ1n) is 5.91. The minimum atomic E-state index is -0.684. The van der Waals surface area contributed by atoms with E-state index in [4.69, 9.17) is 18.0 Å². The fourth-order valence-corrected chi connectivity index (χ4v) is 3.43. The SMILES string of the molecule is CC1CC(C(=O)Nc2cc(Br)ccc2Br)(C(N)=S)C1. The lowest BCUT2D eigenvalue weighted by Crippen LogP contribution is -2.53. The van der Waals surface area contributed by atoms with Crippen LogP contribution < -0.4 is 11.1 Å². The van der Waals surface area contributed by atoms with Crippen molar-refractivity contribution in [3.8, 4) is 0 Å². The van der Waals surface area contributed by atoms with Crippen molar-refractivity contribution in [2.45, 2.75) is 19.8 Å². The molecule has 2 rings (SSSR count). The normalized spacial score (nSPS) is 25.5. The van der Waals surface area contributed by atoms with Gasteiger partial charge in [-0.3, -0.25) is 4.79 Å². The Balaban J connectivity index is 2.21. The zero-order chi connectivity index (χ0) is 14.2. The number of carbonyl (C=O) groups excluding carboxylic acids is 1. The number of nitrogens with one attached hydrogen (secondary N) is 1. The molecule has 1 amide bonds. The molecule has 1 aliphatic rings. The predicted molar refractivity (Wildman–Crippen MR) is 88.1 cm³/mol. The molecule has 0 bridgehead atoms. The van der Waals surface area contributed by atoms with Crippen molar-refractivity contribution in [3.05, 3.63) is 27.1 Å². The molecule has 1 aromatic rings. The molecule has 0 aromatic heterocycles. The Kier molecular flexibility index (Phi) is 4.32. The van der Waals surface area contributed by atoms with Gasteiger partial charge in [0.05, 0.1) is 16.1 Å². The highest BCUT2D eigenvalue weighted by Gasteiger charge is 2.50. The zero-order valence-electron chi connectivity index (χ0n) is 10.4. The van der Waals surface area contributed by atoms with E-state index in [2.05, 4.69) is 44.1 Å². The summed E-state index contributed by atoms with van der Waals surface area (Å²) in [4.78, 5) is 12.7. The summed E-state index contributed by atoms with van der Waals surface area (Å²) in [7, 11) is 0. The van der Waals surface area contributed by atoms with Crippen LogP contribution in [0.2, 0.25) is 0 Å². The summed E-state index contributed by atoms with van der Waals surface area (Å²) in [6, 6.07) is 5.61. The predicted octanol–water partition coefficient (Wildman–Crippen LogP) is 3.85. The average molecular weight is 406 g/mol. The van der Waals surface area contributed by atoms with E-state index in [1.807, 2.05) is 18.2 Å². The first-order valence-corrected chi connectivity index (χ1v) is 7.91. The summed E-state index contributed by atoms with van der Waals surface area (Å²) >= 11 is 11.9. The summed E-state index contributed by atoms with van der Waals surface area (Å²) in [5.74, 6) is 0.370. The Bertz CT molecular complexity index is 541. The van der Waals surface area contributed by atoms with E-state index < -0.39 is 5.41 Å². The van der Waals surface area contributed by atoms with Gasteiger partial charge in [0.2, 0.25) is 5.91 Å². The number of halogens is 2. The topological polar surface area (TPSA) is 55.1 Å². The fourth-order valence-electron chi connectivity index (χ4n) is 2.46. The molecule has 3 N–H and O–H groups in total. The van der Waals surface area contributed by atoms with Crippen LogP contribution in [-0.4, -0.2) is 10.9 Å². The van der Waals surface area contributed by atoms with Crippen LogP contribution in [0.5, 0.6) is 0 Å². The Morgan fingerprint density at radius 1 is 1.47 bits per heavy atom. The molecule has 1 aliphatic carbocycles. The van der Waals surface area contributed by atoms with Gasteiger partial charge in [-0.2, -0.15) is 0 Å². The lowest BCUT2D eigenvalue weighted by molar-refractivity contribution is -0.127. The molecule has 1 aromatic carbocycles. The summed E-state index contributed by atoms with van der Waals surface area (Å²) in [5, 5.41) is 2.91. The van der Waals surface area contributed by atoms with Crippen LogP contribution in [0.3, 0.4) is 0 Å². The fraction of sp³-hybridized carbons (Fsp3) is 0.385. The summed E-state index contributed by atoms with van der Waals surface area (Å²) < 4.78 is 1.73. The standard InChI is InChI=1S/C13H14Br2N2OS/c1-7-5-13(6-7,11(16)19)12(18)17-10-4-8(14)2-3-9(10)15/h2-4,7H,5-6H2,1H3,(H2,16,19)(H,17,18). The maximum absolute atomic E-state index is 12.5. The molecule has 3 nitrogen and oxygen atoms in total. The third-order valence-electron chi connectivity index (χ3n) is 3.48. The van der Waals surface area contributed by atoms with Crippen molar-refractivity contribution in [3.63, 3.8) is 0 Å². The van der Waals surface area contributed by atoms with E-state index >= 15 is 0 Å². The molecule has 0 spiro atoms. The van der Waals surface area contributed by atoms with Gasteiger partial charge in [-0.1, -0.05) is 35.1 Å². The van der Waals surface area contributed by atoms with Gasteiger partial charge in [-0.15, -0.1) is 0 Å². The summed E-state index contributed by atoms with van der Waals surface area (Å²) in [6.45, 7) is 2.10. The van der Waals surface area contributed by atoms with Crippen molar-refractivity contribution in [2.24, 2.45) is 17.1 Å². The van der Waals surface area contributed by atoms with Crippen molar-refractivity contribution in [2.75, 3.05) is 5.32 Å². The molecule has 0 saturated heterocycles. The third-order valence-corrected chi connectivity index (χ3v) is 5.05. The number of thiocarbonyl (C=S) groups is 1. The lowest BCUT2D eigenvalue weighted by atomic mass is 9.62. The van der Waals surface area contributed by atoms with Crippen LogP contribution in [-0.2, 0) is 4.79 Å².